The normalized spacial score (nSPS) is 10.6. The third kappa shape index (κ3) is 5.01. The molecule has 32 heavy (non-hydrogen) atoms. The van der Waals surface area contributed by atoms with E-state index in [2.05, 4.69) is 6.07 Å². The SMILES string of the molecule is N#Cc1cc(-c2ccc(Cl)cc2)c(-c2ccc(Cl)cc2Cl)nc1OCc1ccc(Cl)cc1. The Bertz CT molecular complexity index is 1310. The molecule has 0 bridgehead atoms. The molecule has 158 valence electrons. The van der Waals surface area contributed by atoms with Crippen molar-refractivity contribution < 1.29 is 4.74 Å². The Morgan fingerprint density at radius 1 is 0.750 bits per heavy atom. The molecule has 0 saturated carbocycles. The number of pyridine rings is 1. The van der Waals surface area contributed by atoms with Gasteiger partial charge in [-0.15, -0.1) is 0 Å². The van der Waals surface area contributed by atoms with Crippen LogP contribution in [0.3, 0.4) is 0 Å². The maximum absolute atomic E-state index is 9.77. The van der Waals surface area contributed by atoms with Crippen LogP contribution in [-0.2, 0) is 6.61 Å². The number of ether oxygens (including phenoxy) is 1. The van der Waals surface area contributed by atoms with Crippen molar-refractivity contribution in [3.05, 3.63) is 104 Å². The average molecular weight is 500 g/mol. The summed E-state index contributed by atoms with van der Waals surface area (Å²) in [5.74, 6) is 0.209. The summed E-state index contributed by atoms with van der Waals surface area (Å²) in [7, 11) is 0. The van der Waals surface area contributed by atoms with Crippen molar-refractivity contribution in [1.29, 1.82) is 5.26 Å². The van der Waals surface area contributed by atoms with E-state index in [1.165, 1.54) is 0 Å². The lowest BCUT2D eigenvalue weighted by Crippen LogP contribution is -2.02. The molecule has 0 amide bonds. The van der Waals surface area contributed by atoms with Crippen LogP contribution in [0.5, 0.6) is 5.88 Å². The van der Waals surface area contributed by atoms with Crippen LogP contribution >= 0.6 is 46.4 Å². The molecule has 1 heterocycles. The number of halogens is 4. The fraction of sp³-hybridized carbons (Fsp3) is 0.0400. The van der Waals surface area contributed by atoms with E-state index in [9.17, 15) is 5.26 Å². The second-order valence-corrected chi connectivity index (χ2v) is 8.61. The highest BCUT2D eigenvalue weighted by Crippen LogP contribution is 2.39. The summed E-state index contributed by atoms with van der Waals surface area (Å²) in [4.78, 5) is 4.70. The van der Waals surface area contributed by atoms with Gasteiger partial charge < -0.3 is 4.74 Å². The molecule has 0 saturated heterocycles. The van der Waals surface area contributed by atoms with Crippen molar-refractivity contribution in [2.24, 2.45) is 0 Å². The minimum Gasteiger partial charge on any atom is -0.472 e. The Morgan fingerprint density at radius 2 is 1.38 bits per heavy atom. The van der Waals surface area contributed by atoms with E-state index >= 15 is 0 Å². The first-order valence-electron chi connectivity index (χ1n) is 9.48. The highest BCUT2D eigenvalue weighted by atomic mass is 35.5. The van der Waals surface area contributed by atoms with Crippen LogP contribution < -0.4 is 4.74 Å². The maximum atomic E-state index is 9.77. The molecular formula is C25H14Cl4N2O. The smallest absolute Gasteiger partial charge is 0.232 e. The summed E-state index contributed by atoms with van der Waals surface area (Å²) in [5, 5.41) is 12.0. The zero-order valence-corrected chi connectivity index (χ0v) is 19.5. The van der Waals surface area contributed by atoms with Crippen LogP contribution in [0.4, 0.5) is 0 Å². The first-order chi connectivity index (χ1) is 15.4. The van der Waals surface area contributed by atoms with Crippen molar-refractivity contribution in [2.75, 3.05) is 0 Å². The van der Waals surface area contributed by atoms with E-state index < -0.39 is 0 Å². The lowest BCUT2D eigenvalue weighted by molar-refractivity contribution is 0.293. The highest BCUT2D eigenvalue weighted by molar-refractivity contribution is 6.36. The fourth-order valence-electron chi connectivity index (χ4n) is 3.16. The number of hydrogen-bond donors (Lipinski definition) is 0. The highest BCUT2D eigenvalue weighted by Gasteiger charge is 2.18. The van der Waals surface area contributed by atoms with Crippen LogP contribution in [0.1, 0.15) is 11.1 Å². The van der Waals surface area contributed by atoms with Gasteiger partial charge in [0.1, 0.15) is 18.2 Å². The number of benzene rings is 3. The molecule has 7 heteroatoms. The number of aromatic nitrogens is 1. The van der Waals surface area contributed by atoms with Crippen LogP contribution in [0.15, 0.2) is 72.8 Å². The number of rotatable bonds is 5. The summed E-state index contributed by atoms with van der Waals surface area (Å²) in [6.07, 6.45) is 0. The predicted octanol–water partition coefficient (Wildman–Crippen LogP) is 8.48. The van der Waals surface area contributed by atoms with Gasteiger partial charge in [-0.2, -0.15) is 5.26 Å². The van der Waals surface area contributed by atoms with Gasteiger partial charge in [-0.05, 0) is 59.7 Å². The Balaban J connectivity index is 1.83. The minimum absolute atomic E-state index is 0.209. The second-order valence-electron chi connectivity index (χ2n) is 6.90. The molecule has 0 radical (unpaired) electrons. The Hall–Kier alpha value is -2.74. The Morgan fingerprint density at radius 3 is 2.00 bits per heavy atom. The molecule has 0 aliphatic rings. The van der Waals surface area contributed by atoms with E-state index in [0.29, 0.717) is 36.9 Å². The first kappa shape index (κ1) is 22.5. The largest absolute Gasteiger partial charge is 0.472 e. The van der Waals surface area contributed by atoms with Gasteiger partial charge >= 0.3 is 0 Å². The summed E-state index contributed by atoms with van der Waals surface area (Å²) in [5.41, 5.74) is 4.00. The average Bonchev–Trinajstić information content (AvgIpc) is 2.79. The lowest BCUT2D eigenvalue weighted by atomic mass is 9.97. The van der Waals surface area contributed by atoms with Gasteiger partial charge in [0.2, 0.25) is 5.88 Å². The second kappa shape index (κ2) is 9.81. The van der Waals surface area contributed by atoms with Crippen molar-refractivity contribution in [2.45, 2.75) is 6.61 Å². The van der Waals surface area contributed by atoms with Gasteiger partial charge in [-0.3, -0.25) is 0 Å². The van der Waals surface area contributed by atoms with Gasteiger partial charge in [0.15, 0.2) is 0 Å². The van der Waals surface area contributed by atoms with E-state index in [0.717, 1.165) is 16.7 Å². The zero-order valence-electron chi connectivity index (χ0n) is 16.4. The summed E-state index contributed by atoms with van der Waals surface area (Å²) < 4.78 is 5.92. The van der Waals surface area contributed by atoms with Crippen LogP contribution in [0.25, 0.3) is 22.4 Å². The molecule has 3 nitrogen and oxygen atoms in total. The molecule has 0 N–H and O–H groups in total. The monoisotopic (exact) mass is 498 g/mol. The molecule has 0 unspecified atom stereocenters. The van der Waals surface area contributed by atoms with Crippen LogP contribution in [0, 0.1) is 11.3 Å². The molecule has 1 aromatic heterocycles. The van der Waals surface area contributed by atoms with Crippen molar-refractivity contribution >= 4 is 46.4 Å². The summed E-state index contributed by atoms with van der Waals surface area (Å²) >= 11 is 24.6. The third-order valence-electron chi connectivity index (χ3n) is 4.74. The number of nitrogens with zero attached hydrogens (tertiary/aromatic N) is 2. The van der Waals surface area contributed by atoms with Crippen LogP contribution in [0.2, 0.25) is 20.1 Å². The number of nitriles is 1. The van der Waals surface area contributed by atoms with E-state index in [-0.39, 0.29) is 12.5 Å². The molecular weight excluding hydrogens is 486 g/mol. The summed E-state index contributed by atoms with van der Waals surface area (Å²) in [6.45, 7) is 0.229. The molecule has 0 spiro atoms. The van der Waals surface area contributed by atoms with Gasteiger partial charge in [-0.1, -0.05) is 70.7 Å². The topological polar surface area (TPSA) is 45.9 Å². The van der Waals surface area contributed by atoms with Crippen molar-refractivity contribution in [1.82, 2.24) is 4.98 Å². The quantitative estimate of drug-likeness (QED) is 0.276. The summed E-state index contributed by atoms with van der Waals surface area (Å²) in [6, 6.07) is 23.7. The molecule has 3 aromatic carbocycles. The van der Waals surface area contributed by atoms with Crippen LogP contribution in [-0.4, -0.2) is 4.98 Å². The van der Waals surface area contributed by atoms with Gasteiger partial charge in [0.25, 0.3) is 0 Å². The zero-order chi connectivity index (χ0) is 22.7. The standard InChI is InChI=1S/C25H14Cl4N2O/c26-18-5-1-15(2-6-18)14-32-25-17(13-30)11-22(16-3-7-19(27)8-4-16)24(31-25)21-10-9-20(28)12-23(21)29/h1-12H,14H2. The maximum Gasteiger partial charge on any atom is 0.232 e. The molecule has 4 aromatic rings. The molecule has 0 atom stereocenters. The van der Waals surface area contributed by atoms with E-state index in [4.69, 9.17) is 56.1 Å². The first-order valence-corrected chi connectivity index (χ1v) is 11.0. The van der Waals surface area contributed by atoms with Crippen molar-refractivity contribution in [3.8, 4) is 34.3 Å². The fourth-order valence-corrected chi connectivity index (χ4v) is 3.91. The third-order valence-corrected chi connectivity index (χ3v) is 5.79. The van der Waals surface area contributed by atoms with Crippen molar-refractivity contribution in [3.63, 3.8) is 0 Å². The lowest BCUT2D eigenvalue weighted by Gasteiger charge is -2.15. The van der Waals surface area contributed by atoms with Gasteiger partial charge in [0, 0.05) is 26.2 Å². The van der Waals surface area contributed by atoms with E-state index in [1.807, 2.05) is 24.3 Å². The Kier molecular flexibility index (Phi) is 6.89. The van der Waals surface area contributed by atoms with E-state index in [1.54, 1.807) is 48.5 Å². The minimum atomic E-state index is 0.209. The Labute approximate surface area is 205 Å². The number of hydrogen-bond acceptors (Lipinski definition) is 3. The van der Waals surface area contributed by atoms with Gasteiger partial charge in [-0.25, -0.2) is 4.98 Å². The molecule has 0 aliphatic heterocycles. The molecule has 0 fully saturated rings. The predicted molar refractivity (Wildman–Crippen MR) is 131 cm³/mol. The van der Waals surface area contributed by atoms with Gasteiger partial charge in [0.05, 0.1) is 10.7 Å². The molecule has 4 rings (SSSR count). The molecule has 0 aliphatic carbocycles.